The van der Waals surface area contributed by atoms with Crippen LogP contribution in [0.2, 0.25) is 0 Å². The van der Waals surface area contributed by atoms with Gasteiger partial charge in [0.15, 0.2) is 0 Å². The molecule has 1 aliphatic heterocycles. The predicted molar refractivity (Wildman–Crippen MR) is 67.8 cm³/mol. The molecule has 17 heavy (non-hydrogen) atoms. The minimum absolute atomic E-state index is 0.114. The molecule has 0 bridgehead atoms. The van der Waals surface area contributed by atoms with Crippen molar-refractivity contribution in [1.82, 2.24) is 0 Å². The highest BCUT2D eigenvalue weighted by Crippen LogP contribution is 2.16. The van der Waals surface area contributed by atoms with E-state index >= 15 is 0 Å². The number of carbonyl (C=O) groups is 1. The highest BCUT2D eigenvalue weighted by molar-refractivity contribution is 5.82. The number of unbranched alkanes of at least 4 members (excludes halogenated alkanes) is 5. The summed E-state index contributed by atoms with van der Waals surface area (Å²) in [6.07, 6.45) is 10.7. The molecule has 0 radical (unpaired) electrons. The summed E-state index contributed by atoms with van der Waals surface area (Å²) in [7, 11) is 0. The van der Waals surface area contributed by atoms with Gasteiger partial charge in [-0.15, -0.1) is 0 Å². The van der Waals surface area contributed by atoms with Crippen LogP contribution in [0.4, 0.5) is 0 Å². The summed E-state index contributed by atoms with van der Waals surface area (Å²) < 4.78 is 10.2. The van der Waals surface area contributed by atoms with Gasteiger partial charge in [-0.25, -0.2) is 4.79 Å². The van der Waals surface area contributed by atoms with Crippen molar-refractivity contribution in [2.45, 2.75) is 64.6 Å². The van der Waals surface area contributed by atoms with Crippen molar-refractivity contribution in [1.29, 1.82) is 0 Å². The van der Waals surface area contributed by atoms with Crippen molar-refractivity contribution in [3.63, 3.8) is 0 Å². The summed E-state index contributed by atoms with van der Waals surface area (Å²) in [5.41, 5.74) is 0. The Bertz CT molecular complexity index is 244. The first-order valence-electron chi connectivity index (χ1n) is 6.72. The summed E-state index contributed by atoms with van der Waals surface area (Å²) in [6.45, 7) is 4.80. The fraction of sp³-hybridized carbons (Fsp3) is 0.786. The number of esters is 1. The number of hydrogen-bond acceptors (Lipinski definition) is 3. The zero-order valence-electron chi connectivity index (χ0n) is 11.0. The van der Waals surface area contributed by atoms with E-state index in [2.05, 4.69) is 6.92 Å². The molecule has 1 aliphatic rings. The van der Waals surface area contributed by atoms with Crippen molar-refractivity contribution in [2.24, 2.45) is 0 Å². The van der Waals surface area contributed by atoms with Gasteiger partial charge in [-0.1, -0.05) is 38.7 Å². The second kappa shape index (κ2) is 8.29. The predicted octanol–water partition coefficient (Wildman–Crippen LogP) is 3.23. The Morgan fingerprint density at radius 1 is 1.41 bits per heavy atom. The zero-order valence-corrected chi connectivity index (χ0v) is 11.0. The number of carbonyl (C=O) groups excluding carboxylic acids is 1. The van der Waals surface area contributed by atoms with Gasteiger partial charge in [0.2, 0.25) is 0 Å². The van der Waals surface area contributed by atoms with Crippen molar-refractivity contribution in [2.75, 3.05) is 6.61 Å². The average Bonchev–Trinajstić information content (AvgIpc) is 3.11. The Kier molecular flexibility index (Phi) is 6.94. The smallest absolute Gasteiger partial charge is 0.330 e. The lowest BCUT2D eigenvalue weighted by atomic mass is 10.1. The van der Waals surface area contributed by atoms with E-state index in [0.717, 1.165) is 19.4 Å². The zero-order chi connectivity index (χ0) is 12.5. The van der Waals surface area contributed by atoms with E-state index in [-0.39, 0.29) is 18.2 Å². The molecule has 0 spiro atoms. The first-order valence-corrected chi connectivity index (χ1v) is 6.72. The summed E-state index contributed by atoms with van der Waals surface area (Å²) in [6, 6.07) is 0. The quantitative estimate of drug-likeness (QED) is 0.269. The molecule has 1 saturated heterocycles. The van der Waals surface area contributed by atoms with E-state index in [0.29, 0.717) is 0 Å². The molecule has 0 aromatic carbocycles. The lowest BCUT2D eigenvalue weighted by Gasteiger charge is -2.07. The molecule has 0 N–H and O–H groups in total. The second-order valence-electron chi connectivity index (χ2n) is 4.62. The third kappa shape index (κ3) is 7.16. The Balaban J connectivity index is 1.97. The van der Waals surface area contributed by atoms with Gasteiger partial charge in [-0.3, -0.25) is 0 Å². The van der Waals surface area contributed by atoms with Crippen molar-refractivity contribution >= 4 is 5.97 Å². The Morgan fingerprint density at radius 3 is 2.76 bits per heavy atom. The molecule has 1 heterocycles. The van der Waals surface area contributed by atoms with Crippen molar-refractivity contribution < 1.29 is 14.3 Å². The standard InChI is InChI=1S/C14H24O3/c1-3-4-5-6-7-8-9-10-14(15)17-12(2)13-11-16-13/h9-10,12-13H,3-8,11H2,1-2H3. The fourth-order valence-corrected chi connectivity index (χ4v) is 1.67. The Hall–Kier alpha value is -0.830. The minimum Gasteiger partial charge on any atom is -0.457 e. The molecule has 1 fully saturated rings. The van der Waals surface area contributed by atoms with Gasteiger partial charge in [0, 0.05) is 6.08 Å². The van der Waals surface area contributed by atoms with Gasteiger partial charge in [0.1, 0.15) is 12.2 Å². The number of rotatable bonds is 9. The van der Waals surface area contributed by atoms with Crippen LogP contribution in [0, 0.1) is 0 Å². The normalized spacial score (nSPS) is 20.5. The highest BCUT2D eigenvalue weighted by Gasteiger charge is 2.31. The molecule has 0 saturated carbocycles. The van der Waals surface area contributed by atoms with E-state index in [1.807, 2.05) is 13.0 Å². The van der Waals surface area contributed by atoms with Crippen LogP contribution in [0.1, 0.15) is 52.4 Å². The molecule has 0 aromatic rings. The Morgan fingerprint density at radius 2 is 2.12 bits per heavy atom. The first kappa shape index (κ1) is 14.2. The number of hydrogen-bond donors (Lipinski definition) is 0. The van der Waals surface area contributed by atoms with E-state index in [1.165, 1.54) is 25.7 Å². The number of ether oxygens (including phenoxy) is 2. The topological polar surface area (TPSA) is 38.8 Å². The number of allylic oxidation sites excluding steroid dienone is 1. The van der Waals surface area contributed by atoms with Crippen LogP contribution in [-0.2, 0) is 14.3 Å². The third-order valence-corrected chi connectivity index (χ3v) is 2.91. The van der Waals surface area contributed by atoms with Gasteiger partial charge >= 0.3 is 5.97 Å². The van der Waals surface area contributed by atoms with E-state index in [9.17, 15) is 4.79 Å². The third-order valence-electron chi connectivity index (χ3n) is 2.91. The molecule has 2 atom stereocenters. The molecule has 3 nitrogen and oxygen atoms in total. The fourth-order valence-electron chi connectivity index (χ4n) is 1.67. The van der Waals surface area contributed by atoms with Crippen LogP contribution in [0.5, 0.6) is 0 Å². The van der Waals surface area contributed by atoms with Crippen molar-refractivity contribution in [3.8, 4) is 0 Å². The molecule has 0 aliphatic carbocycles. The number of epoxide rings is 1. The minimum atomic E-state index is -0.249. The molecule has 1 rings (SSSR count). The molecule has 3 heteroatoms. The molecule has 0 amide bonds. The molecular weight excluding hydrogens is 216 g/mol. The molecule has 0 aromatic heterocycles. The molecular formula is C14H24O3. The molecule has 2 unspecified atom stereocenters. The lowest BCUT2D eigenvalue weighted by Crippen LogP contribution is -2.18. The summed E-state index contributed by atoms with van der Waals surface area (Å²) in [5, 5.41) is 0. The second-order valence-corrected chi connectivity index (χ2v) is 4.62. The van der Waals surface area contributed by atoms with Crippen LogP contribution >= 0.6 is 0 Å². The average molecular weight is 240 g/mol. The van der Waals surface area contributed by atoms with E-state index in [1.54, 1.807) is 6.08 Å². The summed E-state index contributed by atoms with van der Waals surface area (Å²) >= 11 is 0. The summed E-state index contributed by atoms with van der Waals surface area (Å²) in [5.74, 6) is -0.249. The first-order chi connectivity index (χ1) is 8.24. The van der Waals surface area contributed by atoms with Crippen LogP contribution in [0.3, 0.4) is 0 Å². The van der Waals surface area contributed by atoms with Gasteiger partial charge < -0.3 is 9.47 Å². The monoisotopic (exact) mass is 240 g/mol. The Labute approximate surface area is 104 Å². The maximum absolute atomic E-state index is 11.4. The van der Waals surface area contributed by atoms with Gasteiger partial charge in [-0.05, 0) is 19.8 Å². The van der Waals surface area contributed by atoms with Gasteiger partial charge in [0.05, 0.1) is 6.61 Å². The van der Waals surface area contributed by atoms with Crippen LogP contribution in [0.25, 0.3) is 0 Å². The summed E-state index contributed by atoms with van der Waals surface area (Å²) in [4.78, 5) is 11.4. The van der Waals surface area contributed by atoms with Crippen LogP contribution in [-0.4, -0.2) is 24.8 Å². The van der Waals surface area contributed by atoms with Crippen LogP contribution in [0.15, 0.2) is 12.2 Å². The lowest BCUT2D eigenvalue weighted by molar-refractivity contribution is -0.143. The van der Waals surface area contributed by atoms with Crippen molar-refractivity contribution in [3.05, 3.63) is 12.2 Å². The molecule has 98 valence electrons. The van der Waals surface area contributed by atoms with E-state index in [4.69, 9.17) is 9.47 Å². The largest absolute Gasteiger partial charge is 0.457 e. The van der Waals surface area contributed by atoms with E-state index < -0.39 is 0 Å². The van der Waals surface area contributed by atoms with Gasteiger partial charge in [0.25, 0.3) is 0 Å². The maximum Gasteiger partial charge on any atom is 0.330 e. The highest BCUT2D eigenvalue weighted by atomic mass is 16.6. The van der Waals surface area contributed by atoms with Crippen LogP contribution < -0.4 is 0 Å². The van der Waals surface area contributed by atoms with Gasteiger partial charge in [-0.2, -0.15) is 0 Å². The SMILES string of the molecule is CCCCCCCC=CC(=O)OC(C)C1CO1. The maximum atomic E-state index is 11.4.